The zero-order valence-corrected chi connectivity index (χ0v) is 13.6. The molecular weight excluding hydrogens is 302 g/mol. The monoisotopic (exact) mass is 323 g/mol. The molecule has 0 saturated carbocycles. The Balaban J connectivity index is 1.37. The van der Waals surface area contributed by atoms with Gasteiger partial charge in [-0.25, -0.2) is 4.98 Å². The molecule has 1 aliphatic rings. The van der Waals surface area contributed by atoms with Gasteiger partial charge in [0, 0.05) is 19.6 Å². The number of rotatable bonds is 5. The second-order valence-electron chi connectivity index (χ2n) is 6.32. The summed E-state index contributed by atoms with van der Waals surface area (Å²) in [4.78, 5) is 8.19. The Kier molecular flexibility index (Phi) is 4.33. The fourth-order valence-electron chi connectivity index (χ4n) is 3.32. The van der Waals surface area contributed by atoms with Crippen molar-refractivity contribution in [1.82, 2.24) is 34.7 Å². The first-order valence-corrected chi connectivity index (χ1v) is 8.38. The molecule has 1 atom stereocenters. The third kappa shape index (κ3) is 3.51. The number of benzene rings is 1. The summed E-state index contributed by atoms with van der Waals surface area (Å²) in [7, 11) is 0. The van der Waals surface area contributed by atoms with Crippen molar-refractivity contribution < 1.29 is 0 Å². The van der Waals surface area contributed by atoms with Crippen molar-refractivity contribution in [1.29, 1.82) is 0 Å². The molecule has 0 spiro atoms. The van der Waals surface area contributed by atoms with E-state index < -0.39 is 0 Å². The van der Waals surface area contributed by atoms with E-state index in [4.69, 9.17) is 0 Å². The van der Waals surface area contributed by atoms with Gasteiger partial charge in [-0.1, -0.05) is 18.2 Å². The largest absolute Gasteiger partial charge is 0.297 e. The highest BCUT2D eigenvalue weighted by Crippen LogP contribution is 2.19. The van der Waals surface area contributed by atoms with Crippen LogP contribution in [0.15, 0.2) is 49.2 Å². The summed E-state index contributed by atoms with van der Waals surface area (Å²) in [6.45, 7) is 3.97. The van der Waals surface area contributed by atoms with Crippen molar-refractivity contribution >= 4 is 0 Å². The number of aromatic nitrogens is 6. The maximum absolute atomic E-state index is 4.61. The Morgan fingerprint density at radius 3 is 2.88 bits per heavy atom. The minimum Gasteiger partial charge on any atom is -0.297 e. The van der Waals surface area contributed by atoms with Crippen molar-refractivity contribution in [3.8, 4) is 5.69 Å². The third-order valence-electron chi connectivity index (χ3n) is 4.43. The zero-order valence-electron chi connectivity index (χ0n) is 13.6. The Morgan fingerprint density at radius 1 is 1.12 bits per heavy atom. The van der Waals surface area contributed by atoms with Crippen LogP contribution in [0.4, 0.5) is 0 Å². The number of hydrogen-bond donors (Lipinski definition) is 0. The minimum atomic E-state index is 0.615. The predicted molar refractivity (Wildman–Crippen MR) is 89.4 cm³/mol. The normalized spacial score (nSPS) is 18.8. The van der Waals surface area contributed by atoms with E-state index in [1.165, 1.54) is 12.8 Å². The van der Waals surface area contributed by atoms with Gasteiger partial charge in [-0.05, 0) is 37.4 Å². The molecule has 3 aromatic rings. The number of para-hydroxylation sites is 1. The number of piperidine rings is 1. The van der Waals surface area contributed by atoms with Gasteiger partial charge in [-0.15, -0.1) is 0 Å². The molecule has 7 heteroatoms. The van der Waals surface area contributed by atoms with Gasteiger partial charge < -0.3 is 0 Å². The van der Waals surface area contributed by atoms with Crippen molar-refractivity contribution in [3.63, 3.8) is 0 Å². The van der Waals surface area contributed by atoms with E-state index in [1.54, 1.807) is 17.5 Å². The van der Waals surface area contributed by atoms with E-state index in [-0.39, 0.29) is 0 Å². The molecule has 1 saturated heterocycles. The lowest BCUT2D eigenvalue weighted by Crippen LogP contribution is -2.36. The van der Waals surface area contributed by atoms with E-state index in [9.17, 15) is 0 Å². The van der Waals surface area contributed by atoms with Crippen LogP contribution in [-0.4, -0.2) is 47.7 Å². The average Bonchev–Trinajstić information content (AvgIpc) is 3.28. The summed E-state index contributed by atoms with van der Waals surface area (Å²) < 4.78 is 1.93. The van der Waals surface area contributed by atoms with Gasteiger partial charge in [0.2, 0.25) is 0 Å². The number of nitrogens with zero attached hydrogens (tertiary/aromatic N) is 7. The van der Waals surface area contributed by atoms with Crippen LogP contribution in [0.25, 0.3) is 5.69 Å². The Bertz CT molecular complexity index is 750. The van der Waals surface area contributed by atoms with Crippen molar-refractivity contribution in [3.05, 3.63) is 54.9 Å². The molecular formula is C17H21N7. The van der Waals surface area contributed by atoms with Crippen LogP contribution in [0.5, 0.6) is 0 Å². The highest BCUT2D eigenvalue weighted by Gasteiger charge is 2.21. The fourth-order valence-corrected chi connectivity index (χ4v) is 3.32. The lowest BCUT2D eigenvalue weighted by atomic mass is 9.98. The van der Waals surface area contributed by atoms with Crippen LogP contribution in [-0.2, 0) is 13.1 Å². The molecule has 0 amide bonds. The average molecular weight is 323 g/mol. The van der Waals surface area contributed by atoms with Crippen molar-refractivity contribution in [2.45, 2.75) is 25.9 Å². The highest BCUT2D eigenvalue weighted by molar-refractivity contribution is 5.28. The van der Waals surface area contributed by atoms with Crippen LogP contribution >= 0.6 is 0 Å². The first-order valence-electron chi connectivity index (χ1n) is 8.38. The lowest BCUT2D eigenvalue weighted by molar-refractivity contribution is 0.151. The first kappa shape index (κ1) is 15.0. The van der Waals surface area contributed by atoms with Gasteiger partial charge in [0.05, 0.1) is 17.6 Å². The molecule has 0 bridgehead atoms. The number of hydrogen-bond acceptors (Lipinski definition) is 5. The van der Waals surface area contributed by atoms with Gasteiger partial charge in [0.15, 0.2) is 0 Å². The highest BCUT2D eigenvalue weighted by atomic mass is 15.5. The van der Waals surface area contributed by atoms with Gasteiger partial charge >= 0.3 is 0 Å². The molecule has 2 aromatic heterocycles. The van der Waals surface area contributed by atoms with Crippen LogP contribution in [0.3, 0.4) is 0 Å². The third-order valence-corrected chi connectivity index (χ3v) is 4.43. The molecule has 0 N–H and O–H groups in total. The summed E-state index contributed by atoms with van der Waals surface area (Å²) in [6, 6.07) is 10.0. The topological polar surface area (TPSA) is 64.7 Å². The second-order valence-corrected chi connectivity index (χ2v) is 6.32. The predicted octanol–water partition coefficient (Wildman–Crippen LogP) is 1.77. The van der Waals surface area contributed by atoms with Crippen LogP contribution in [0, 0.1) is 5.92 Å². The summed E-state index contributed by atoms with van der Waals surface area (Å²) in [6.07, 6.45) is 7.72. The maximum atomic E-state index is 4.61. The Labute approximate surface area is 140 Å². The molecule has 1 aliphatic heterocycles. The molecule has 1 aromatic carbocycles. The molecule has 4 rings (SSSR count). The first-order chi connectivity index (χ1) is 11.9. The molecule has 124 valence electrons. The number of likely N-dealkylation sites (tertiary alicyclic amines) is 1. The molecule has 7 nitrogen and oxygen atoms in total. The fraction of sp³-hybridized carbons (Fsp3) is 0.412. The van der Waals surface area contributed by atoms with Crippen molar-refractivity contribution in [2.75, 3.05) is 13.1 Å². The van der Waals surface area contributed by atoms with E-state index in [2.05, 4.69) is 25.2 Å². The molecule has 0 aliphatic carbocycles. The Hall–Kier alpha value is -2.54. The molecule has 3 heterocycles. The van der Waals surface area contributed by atoms with E-state index in [0.717, 1.165) is 37.6 Å². The lowest BCUT2D eigenvalue weighted by Gasteiger charge is -2.31. The van der Waals surface area contributed by atoms with Gasteiger partial charge in [-0.3, -0.25) is 9.58 Å². The van der Waals surface area contributed by atoms with E-state index in [0.29, 0.717) is 5.92 Å². The van der Waals surface area contributed by atoms with Crippen molar-refractivity contribution in [2.24, 2.45) is 5.92 Å². The zero-order chi connectivity index (χ0) is 16.2. The van der Waals surface area contributed by atoms with Gasteiger partial charge in [0.1, 0.15) is 12.7 Å². The second kappa shape index (κ2) is 6.92. The smallest absolute Gasteiger partial charge is 0.137 e. The van der Waals surface area contributed by atoms with Crippen LogP contribution in [0.2, 0.25) is 0 Å². The van der Waals surface area contributed by atoms with Crippen LogP contribution < -0.4 is 0 Å². The summed E-state index contributed by atoms with van der Waals surface area (Å²) in [5.74, 6) is 0.615. The summed E-state index contributed by atoms with van der Waals surface area (Å²) >= 11 is 0. The molecule has 1 fully saturated rings. The Morgan fingerprint density at radius 2 is 2.04 bits per heavy atom. The van der Waals surface area contributed by atoms with Gasteiger partial charge in [-0.2, -0.15) is 20.1 Å². The SMILES string of the molecule is c1ccc(-n2ncc(CN3CCC[C@H](Cn4cncn4)C3)n2)cc1. The molecule has 0 unspecified atom stereocenters. The minimum absolute atomic E-state index is 0.615. The summed E-state index contributed by atoms with van der Waals surface area (Å²) in [5, 5.41) is 13.2. The van der Waals surface area contributed by atoms with E-state index in [1.807, 2.05) is 41.2 Å². The van der Waals surface area contributed by atoms with Gasteiger partial charge in [0.25, 0.3) is 0 Å². The molecule has 24 heavy (non-hydrogen) atoms. The van der Waals surface area contributed by atoms with Crippen LogP contribution in [0.1, 0.15) is 18.5 Å². The molecule has 0 radical (unpaired) electrons. The standard InChI is InChI=1S/C17H21N7/c1-2-6-17(7-3-1)24-19-9-16(21-24)12-22-8-4-5-15(10-22)11-23-14-18-13-20-23/h1-3,6-7,9,13-15H,4-5,8,10-12H2/t15-/m0/s1. The summed E-state index contributed by atoms with van der Waals surface area (Å²) in [5.41, 5.74) is 2.01. The van der Waals surface area contributed by atoms with E-state index >= 15 is 0 Å². The maximum Gasteiger partial charge on any atom is 0.137 e. The quantitative estimate of drug-likeness (QED) is 0.716.